The van der Waals surface area contributed by atoms with Crippen LogP contribution in [0.1, 0.15) is 18.1 Å². The lowest BCUT2D eigenvalue weighted by atomic mass is 9.84. The maximum absolute atomic E-state index is 4.34. The summed E-state index contributed by atoms with van der Waals surface area (Å²) in [4.78, 5) is 0. The molecule has 0 saturated heterocycles. The van der Waals surface area contributed by atoms with Crippen LogP contribution in [0.15, 0.2) is 164 Å². The summed E-state index contributed by atoms with van der Waals surface area (Å²) in [6, 6.07) is 48.8. The second-order valence-corrected chi connectivity index (χ2v) is 11.4. The Morgan fingerprint density at radius 2 is 1.14 bits per heavy atom. The second kappa shape index (κ2) is 11.7. The predicted octanol–water partition coefficient (Wildman–Crippen LogP) is 12.6. The van der Waals surface area contributed by atoms with E-state index < -0.39 is 0 Å². The molecule has 0 aromatic heterocycles. The Labute approximate surface area is 259 Å². The first kappa shape index (κ1) is 27.4. The summed E-state index contributed by atoms with van der Waals surface area (Å²) >= 11 is 0. The molecule has 210 valence electrons. The van der Waals surface area contributed by atoms with Gasteiger partial charge in [0, 0.05) is 0 Å². The zero-order chi connectivity index (χ0) is 30.0. The van der Waals surface area contributed by atoms with Crippen LogP contribution in [0.25, 0.3) is 71.3 Å². The molecule has 0 unspecified atom stereocenters. The number of rotatable bonds is 6. The van der Waals surface area contributed by atoms with E-state index in [4.69, 9.17) is 0 Å². The molecule has 0 aliphatic rings. The van der Waals surface area contributed by atoms with E-state index in [1.54, 1.807) is 0 Å². The Bertz CT molecular complexity index is 2190. The fourth-order valence-corrected chi connectivity index (χ4v) is 6.54. The van der Waals surface area contributed by atoms with Crippen LogP contribution >= 0.6 is 0 Å². The van der Waals surface area contributed by atoms with Gasteiger partial charge in [0.15, 0.2) is 0 Å². The van der Waals surface area contributed by atoms with Crippen molar-refractivity contribution < 1.29 is 0 Å². The van der Waals surface area contributed by atoms with Crippen LogP contribution in [0, 0.1) is 6.92 Å². The summed E-state index contributed by atoms with van der Waals surface area (Å²) < 4.78 is 0. The fraction of sp³-hybridized carbons (Fsp3) is 0.0455. The topological polar surface area (TPSA) is 0 Å². The lowest BCUT2D eigenvalue weighted by Crippen LogP contribution is -1.92. The van der Waals surface area contributed by atoms with Crippen LogP contribution in [0.5, 0.6) is 0 Å². The quantitative estimate of drug-likeness (QED) is 0.140. The third kappa shape index (κ3) is 4.85. The highest BCUT2D eigenvalue weighted by atomic mass is 14.2. The lowest BCUT2D eigenvalue weighted by Gasteiger charge is -2.19. The average Bonchev–Trinajstić information content (AvgIpc) is 3.07. The van der Waals surface area contributed by atoms with E-state index in [9.17, 15) is 0 Å². The maximum Gasteiger partial charge on any atom is -0.00201 e. The standard InChI is InChI=1S/C44H34/c1-4-5-7-15-30(2)42-29-34(25-24-31(42)3)33-26-27-36-35(28-33)18-14-23-37(36)44-40-21-12-10-19-38(40)43(32-16-8-6-9-17-32)39-20-11-13-22-41(39)44/h4-29H,2H2,1,3H3/b5-4-,15-7-. The van der Waals surface area contributed by atoms with Gasteiger partial charge in [-0.25, -0.2) is 0 Å². The second-order valence-electron chi connectivity index (χ2n) is 11.4. The van der Waals surface area contributed by atoms with E-state index in [1.807, 2.05) is 25.2 Å². The van der Waals surface area contributed by atoms with Crippen LogP contribution < -0.4 is 0 Å². The minimum absolute atomic E-state index is 1.02. The predicted molar refractivity (Wildman–Crippen MR) is 193 cm³/mol. The van der Waals surface area contributed by atoms with Gasteiger partial charge in [0.05, 0.1) is 0 Å². The van der Waals surface area contributed by atoms with Gasteiger partial charge in [0.1, 0.15) is 0 Å². The summed E-state index contributed by atoms with van der Waals surface area (Å²) in [6.07, 6.45) is 8.19. The molecule has 7 aromatic carbocycles. The first-order chi connectivity index (χ1) is 21.6. The molecule has 0 fully saturated rings. The van der Waals surface area contributed by atoms with Gasteiger partial charge in [-0.15, -0.1) is 0 Å². The van der Waals surface area contributed by atoms with E-state index in [1.165, 1.54) is 76.8 Å². The number of hydrogen-bond acceptors (Lipinski definition) is 0. The summed E-state index contributed by atoms with van der Waals surface area (Å²) in [6.45, 7) is 8.52. The van der Waals surface area contributed by atoms with Crippen LogP contribution in [-0.2, 0) is 0 Å². The van der Waals surface area contributed by atoms with Crippen molar-refractivity contribution in [3.63, 3.8) is 0 Å². The van der Waals surface area contributed by atoms with E-state index in [0.717, 1.165) is 5.57 Å². The molecule has 0 aliphatic carbocycles. The molecule has 0 aliphatic heterocycles. The minimum atomic E-state index is 1.02. The van der Waals surface area contributed by atoms with Crippen molar-refractivity contribution in [2.45, 2.75) is 13.8 Å². The Morgan fingerprint density at radius 1 is 0.523 bits per heavy atom. The Balaban J connectivity index is 1.42. The molecule has 7 aromatic rings. The van der Waals surface area contributed by atoms with Gasteiger partial charge < -0.3 is 0 Å². The van der Waals surface area contributed by atoms with Gasteiger partial charge in [-0.1, -0.05) is 152 Å². The van der Waals surface area contributed by atoms with Gasteiger partial charge in [-0.3, -0.25) is 0 Å². The molecule has 0 radical (unpaired) electrons. The lowest BCUT2D eigenvalue weighted by molar-refractivity contribution is 1.43. The number of fused-ring (bicyclic) bond motifs is 3. The fourth-order valence-electron chi connectivity index (χ4n) is 6.54. The van der Waals surface area contributed by atoms with Gasteiger partial charge in [0.2, 0.25) is 0 Å². The van der Waals surface area contributed by atoms with E-state index in [0.29, 0.717) is 0 Å². The van der Waals surface area contributed by atoms with Crippen LogP contribution in [-0.4, -0.2) is 0 Å². The molecule has 0 saturated carbocycles. The molecule has 0 atom stereocenters. The SMILES string of the molecule is C=C(/C=C\C=C/C)c1cc(-c2ccc3c(-c4c5ccccc5c(-c5ccccc5)c5ccccc45)cccc3c2)ccc1C. The zero-order valence-corrected chi connectivity index (χ0v) is 25.2. The van der Waals surface area contributed by atoms with Crippen molar-refractivity contribution in [1.82, 2.24) is 0 Å². The van der Waals surface area contributed by atoms with E-state index in [-0.39, 0.29) is 0 Å². The normalized spacial score (nSPS) is 11.8. The Hall–Kier alpha value is -5.46. The van der Waals surface area contributed by atoms with Crippen molar-refractivity contribution >= 4 is 37.9 Å². The molecule has 0 heterocycles. The third-order valence-electron chi connectivity index (χ3n) is 8.66. The zero-order valence-electron chi connectivity index (χ0n) is 25.2. The van der Waals surface area contributed by atoms with Crippen LogP contribution in [0.3, 0.4) is 0 Å². The summed E-state index contributed by atoms with van der Waals surface area (Å²) in [7, 11) is 0. The molecule has 0 spiro atoms. The molecule has 0 nitrogen and oxygen atoms in total. The van der Waals surface area contributed by atoms with Crippen molar-refractivity contribution in [3.8, 4) is 33.4 Å². The molecule has 0 bridgehead atoms. The van der Waals surface area contributed by atoms with Crippen LogP contribution in [0.2, 0.25) is 0 Å². The highest BCUT2D eigenvalue weighted by Gasteiger charge is 2.18. The van der Waals surface area contributed by atoms with Gasteiger partial charge >= 0.3 is 0 Å². The Kier molecular flexibility index (Phi) is 7.26. The first-order valence-electron chi connectivity index (χ1n) is 15.3. The summed E-state index contributed by atoms with van der Waals surface area (Å²) in [5.41, 5.74) is 10.9. The monoisotopic (exact) mass is 562 g/mol. The molecule has 0 amide bonds. The summed E-state index contributed by atoms with van der Waals surface area (Å²) in [5.74, 6) is 0. The number of hydrogen-bond donors (Lipinski definition) is 0. The van der Waals surface area contributed by atoms with Crippen molar-refractivity contribution in [2.75, 3.05) is 0 Å². The van der Waals surface area contributed by atoms with Crippen molar-refractivity contribution in [1.29, 1.82) is 0 Å². The van der Waals surface area contributed by atoms with E-state index in [2.05, 4.69) is 153 Å². The van der Waals surface area contributed by atoms with Gasteiger partial charge in [0.25, 0.3) is 0 Å². The maximum atomic E-state index is 4.34. The summed E-state index contributed by atoms with van der Waals surface area (Å²) in [5, 5.41) is 7.58. The minimum Gasteiger partial charge on any atom is -0.0911 e. The molecule has 44 heavy (non-hydrogen) atoms. The van der Waals surface area contributed by atoms with Crippen molar-refractivity contribution in [3.05, 3.63) is 175 Å². The molecule has 7 rings (SSSR count). The first-order valence-corrected chi connectivity index (χ1v) is 15.3. The molecule has 0 heteroatoms. The number of benzene rings is 7. The number of aryl methyl sites for hydroxylation is 1. The third-order valence-corrected chi connectivity index (χ3v) is 8.66. The van der Waals surface area contributed by atoms with E-state index >= 15 is 0 Å². The number of allylic oxidation sites excluding steroid dienone is 5. The smallest absolute Gasteiger partial charge is 0.00201 e. The van der Waals surface area contributed by atoms with Gasteiger partial charge in [-0.2, -0.15) is 0 Å². The average molecular weight is 563 g/mol. The van der Waals surface area contributed by atoms with Crippen LogP contribution in [0.4, 0.5) is 0 Å². The molecule has 0 N–H and O–H groups in total. The highest BCUT2D eigenvalue weighted by molar-refractivity contribution is 6.23. The Morgan fingerprint density at radius 3 is 1.82 bits per heavy atom. The molecular formula is C44H34. The van der Waals surface area contributed by atoms with Crippen molar-refractivity contribution in [2.24, 2.45) is 0 Å². The van der Waals surface area contributed by atoms with Gasteiger partial charge in [-0.05, 0) is 108 Å². The largest absolute Gasteiger partial charge is 0.0911 e. The molecular weight excluding hydrogens is 528 g/mol. The highest BCUT2D eigenvalue weighted by Crippen LogP contribution is 2.45.